The topological polar surface area (TPSA) is 66.5 Å². The summed E-state index contributed by atoms with van der Waals surface area (Å²) < 4.78 is 27.3. The summed E-state index contributed by atoms with van der Waals surface area (Å²) in [5.41, 5.74) is 4.77. The Bertz CT molecular complexity index is 1170. The van der Waals surface area contributed by atoms with Gasteiger partial charge in [0.2, 0.25) is 0 Å². The molecule has 0 atom stereocenters. The quantitative estimate of drug-likeness (QED) is 0.642. The number of hydrogen-bond donors (Lipinski definition) is 1. The molecule has 0 spiro atoms. The highest BCUT2D eigenvalue weighted by atomic mass is 32.2. The molecule has 30 heavy (non-hydrogen) atoms. The van der Waals surface area contributed by atoms with Crippen molar-refractivity contribution < 1.29 is 13.2 Å². The molecular weight excluding hydrogens is 396 g/mol. The Morgan fingerprint density at radius 1 is 0.900 bits per heavy atom. The summed E-state index contributed by atoms with van der Waals surface area (Å²) in [5.74, 6) is -0.251. The van der Waals surface area contributed by atoms with Crippen LogP contribution in [0.5, 0.6) is 0 Å². The Morgan fingerprint density at radius 3 is 2.27 bits per heavy atom. The Hall–Kier alpha value is -3.12. The van der Waals surface area contributed by atoms with Gasteiger partial charge in [-0.1, -0.05) is 53.6 Å². The lowest BCUT2D eigenvalue weighted by atomic mass is 10.1. The summed E-state index contributed by atoms with van der Waals surface area (Å²) in [7, 11) is -2.23. The molecule has 0 fully saturated rings. The highest BCUT2D eigenvalue weighted by Crippen LogP contribution is 2.26. The van der Waals surface area contributed by atoms with Crippen LogP contribution in [0.15, 0.2) is 71.6 Å². The second kappa shape index (κ2) is 8.71. The van der Waals surface area contributed by atoms with Gasteiger partial charge >= 0.3 is 0 Å². The van der Waals surface area contributed by atoms with Gasteiger partial charge < -0.3 is 5.32 Å². The molecule has 1 amide bonds. The van der Waals surface area contributed by atoms with Gasteiger partial charge in [-0.05, 0) is 56.2 Å². The zero-order chi connectivity index (χ0) is 21.9. The van der Waals surface area contributed by atoms with Gasteiger partial charge in [0.25, 0.3) is 15.9 Å². The lowest BCUT2D eigenvalue weighted by molar-refractivity contribution is 0.0951. The van der Waals surface area contributed by atoms with Crippen LogP contribution in [0.1, 0.15) is 32.6 Å². The number of rotatable bonds is 6. The first kappa shape index (κ1) is 21.6. The van der Waals surface area contributed by atoms with Gasteiger partial charge in [-0.15, -0.1) is 0 Å². The predicted molar refractivity (Wildman–Crippen MR) is 120 cm³/mol. The number of aryl methyl sites for hydroxylation is 3. The second-order valence-corrected chi connectivity index (χ2v) is 9.43. The molecule has 0 saturated heterocycles. The monoisotopic (exact) mass is 422 g/mol. The maximum atomic E-state index is 13.0. The van der Waals surface area contributed by atoms with Gasteiger partial charge in [0.1, 0.15) is 0 Å². The van der Waals surface area contributed by atoms with E-state index >= 15 is 0 Å². The van der Waals surface area contributed by atoms with Gasteiger partial charge in [0, 0.05) is 19.2 Å². The van der Waals surface area contributed by atoms with Gasteiger partial charge in [-0.25, -0.2) is 8.42 Å². The zero-order valence-corrected chi connectivity index (χ0v) is 18.5. The van der Waals surface area contributed by atoms with E-state index in [-0.39, 0.29) is 10.8 Å². The summed E-state index contributed by atoms with van der Waals surface area (Å²) >= 11 is 0. The molecule has 0 bridgehead atoms. The number of sulfonamides is 1. The van der Waals surface area contributed by atoms with Crippen molar-refractivity contribution in [2.24, 2.45) is 0 Å². The Kier molecular flexibility index (Phi) is 6.27. The smallest absolute Gasteiger partial charge is 0.264 e. The SMILES string of the molecule is Cc1ccc(S(=O)(=O)N(C)c2cc(C(=O)NCc3cccc(C)c3)ccc2C)cc1. The van der Waals surface area contributed by atoms with Crippen LogP contribution in [0.25, 0.3) is 0 Å². The van der Waals surface area contributed by atoms with E-state index in [0.29, 0.717) is 17.8 Å². The lowest BCUT2D eigenvalue weighted by Crippen LogP contribution is -2.28. The molecule has 5 nitrogen and oxygen atoms in total. The fourth-order valence-electron chi connectivity index (χ4n) is 3.19. The maximum absolute atomic E-state index is 13.0. The molecule has 0 unspecified atom stereocenters. The molecule has 0 aliphatic heterocycles. The molecule has 0 radical (unpaired) electrons. The van der Waals surface area contributed by atoms with E-state index in [9.17, 15) is 13.2 Å². The average Bonchev–Trinajstić information content (AvgIpc) is 2.72. The number of carbonyl (C=O) groups excluding carboxylic acids is 1. The number of nitrogens with zero attached hydrogens (tertiary/aromatic N) is 1. The van der Waals surface area contributed by atoms with Crippen molar-refractivity contribution in [2.75, 3.05) is 11.4 Å². The summed E-state index contributed by atoms with van der Waals surface area (Å²) in [6.45, 7) is 6.14. The van der Waals surface area contributed by atoms with E-state index < -0.39 is 10.0 Å². The summed E-state index contributed by atoms with van der Waals surface area (Å²) in [6.07, 6.45) is 0. The minimum absolute atomic E-state index is 0.212. The zero-order valence-electron chi connectivity index (χ0n) is 17.6. The summed E-state index contributed by atoms with van der Waals surface area (Å²) in [6, 6.07) is 19.7. The van der Waals surface area contributed by atoms with Gasteiger partial charge in [0.15, 0.2) is 0 Å². The maximum Gasteiger partial charge on any atom is 0.264 e. The van der Waals surface area contributed by atoms with Gasteiger partial charge in [0.05, 0.1) is 10.6 Å². The van der Waals surface area contributed by atoms with Crippen molar-refractivity contribution in [1.29, 1.82) is 0 Å². The Balaban J connectivity index is 1.83. The minimum Gasteiger partial charge on any atom is -0.348 e. The van der Waals surface area contributed by atoms with E-state index in [0.717, 1.165) is 22.3 Å². The largest absolute Gasteiger partial charge is 0.348 e. The molecule has 0 aliphatic rings. The number of anilines is 1. The van der Waals surface area contributed by atoms with Gasteiger partial charge in [-0.3, -0.25) is 9.10 Å². The lowest BCUT2D eigenvalue weighted by Gasteiger charge is -2.22. The molecule has 1 N–H and O–H groups in total. The predicted octanol–water partition coefficient (Wildman–Crippen LogP) is 4.37. The molecule has 0 saturated carbocycles. The number of carbonyl (C=O) groups is 1. The molecule has 156 valence electrons. The van der Waals surface area contributed by atoms with Crippen LogP contribution in [0.2, 0.25) is 0 Å². The Morgan fingerprint density at radius 2 is 1.60 bits per heavy atom. The van der Waals surface area contributed by atoms with Crippen molar-refractivity contribution >= 4 is 21.6 Å². The molecule has 3 aromatic rings. The van der Waals surface area contributed by atoms with Gasteiger partial charge in [-0.2, -0.15) is 0 Å². The normalized spacial score (nSPS) is 11.2. The standard InChI is InChI=1S/C24H26N2O3S/c1-17-8-12-22(13-9-17)30(28,29)26(4)23-15-21(11-10-19(23)3)24(27)25-16-20-7-5-6-18(2)14-20/h5-15H,16H2,1-4H3,(H,25,27). The number of benzene rings is 3. The molecule has 3 rings (SSSR count). The molecule has 6 heteroatoms. The van der Waals surface area contributed by atoms with E-state index in [1.807, 2.05) is 45.0 Å². The highest BCUT2D eigenvalue weighted by molar-refractivity contribution is 7.92. The van der Waals surface area contributed by atoms with Crippen LogP contribution in [0.4, 0.5) is 5.69 Å². The number of amides is 1. The van der Waals surface area contributed by atoms with Crippen molar-refractivity contribution in [3.8, 4) is 0 Å². The first-order valence-electron chi connectivity index (χ1n) is 9.68. The third kappa shape index (κ3) is 4.71. The summed E-state index contributed by atoms with van der Waals surface area (Å²) in [4.78, 5) is 12.9. The number of nitrogens with one attached hydrogen (secondary N) is 1. The Labute approximate surface area is 178 Å². The average molecular weight is 423 g/mol. The fourth-order valence-corrected chi connectivity index (χ4v) is 4.45. The first-order chi connectivity index (χ1) is 14.2. The van der Waals surface area contributed by atoms with E-state index in [2.05, 4.69) is 5.32 Å². The number of hydrogen-bond acceptors (Lipinski definition) is 3. The van der Waals surface area contributed by atoms with E-state index in [1.165, 1.54) is 11.4 Å². The molecule has 0 heterocycles. The van der Waals surface area contributed by atoms with Crippen LogP contribution in [-0.2, 0) is 16.6 Å². The fraction of sp³-hybridized carbons (Fsp3) is 0.208. The molecule has 0 aliphatic carbocycles. The third-order valence-electron chi connectivity index (χ3n) is 5.03. The first-order valence-corrected chi connectivity index (χ1v) is 11.1. The second-order valence-electron chi connectivity index (χ2n) is 7.46. The molecule has 3 aromatic carbocycles. The third-order valence-corrected chi connectivity index (χ3v) is 6.81. The highest BCUT2D eigenvalue weighted by Gasteiger charge is 2.23. The van der Waals surface area contributed by atoms with E-state index in [1.54, 1.807) is 42.5 Å². The molecule has 0 aromatic heterocycles. The van der Waals surface area contributed by atoms with Crippen LogP contribution in [0.3, 0.4) is 0 Å². The van der Waals surface area contributed by atoms with Crippen LogP contribution < -0.4 is 9.62 Å². The molecular formula is C24H26N2O3S. The van der Waals surface area contributed by atoms with Crippen molar-refractivity contribution in [2.45, 2.75) is 32.2 Å². The minimum atomic E-state index is -3.73. The van der Waals surface area contributed by atoms with Crippen molar-refractivity contribution in [3.05, 3.63) is 94.5 Å². The van der Waals surface area contributed by atoms with Crippen molar-refractivity contribution in [3.63, 3.8) is 0 Å². The van der Waals surface area contributed by atoms with E-state index in [4.69, 9.17) is 0 Å². The van der Waals surface area contributed by atoms with Crippen molar-refractivity contribution in [1.82, 2.24) is 5.32 Å². The van der Waals surface area contributed by atoms with Crippen LogP contribution in [-0.4, -0.2) is 21.4 Å². The van der Waals surface area contributed by atoms with Crippen LogP contribution in [0, 0.1) is 20.8 Å². The van der Waals surface area contributed by atoms with Crippen LogP contribution >= 0.6 is 0 Å². The summed E-state index contributed by atoms with van der Waals surface area (Å²) in [5, 5.41) is 2.90.